The first-order valence-electron chi connectivity index (χ1n) is 22.1. The van der Waals surface area contributed by atoms with E-state index in [1.807, 2.05) is 12.1 Å². The van der Waals surface area contributed by atoms with Crippen LogP contribution >= 0.6 is 11.8 Å². The molecule has 2 N–H and O–H groups in total. The van der Waals surface area contributed by atoms with E-state index in [-0.39, 0.29) is 17.6 Å². The van der Waals surface area contributed by atoms with Crippen molar-refractivity contribution in [3.63, 3.8) is 0 Å². The minimum Gasteiger partial charge on any atom is -0.491 e. The number of nitrogens with zero attached hydrogens (tertiary/aromatic N) is 2. The molecule has 1 aliphatic heterocycles. The predicted octanol–water partition coefficient (Wildman–Crippen LogP) is 10.1. The fourth-order valence-corrected chi connectivity index (χ4v) is 15.7. The van der Waals surface area contributed by atoms with Gasteiger partial charge in [-0.05, 0) is 159 Å². The maximum atomic E-state index is 12.7. The van der Waals surface area contributed by atoms with Crippen LogP contribution < -0.4 is 10.1 Å². The zero-order chi connectivity index (χ0) is 38.8. The number of rotatable bonds is 10. The normalized spacial score (nSPS) is 42.5. The summed E-state index contributed by atoms with van der Waals surface area (Å²) < 4.78 is 6.01. The molecule has 4 saturated carbocycles. The van der Waals surface area contributed by atoms with Crippen LogP contribution in [0.2, 0.25) is 0 Å². The minimum atomic E-state index is -0.907. The van der Waals surface area contributed by atoms with Crippen molar-refractivity contribution in [1.29, 1.82) is 0 Å². The van der Waals surface area contributed by atoms with Gasteiger partial charge in [-0.2, -0.15) is 11.8 Å². The number of fused-ring (bicyclic) bond motifs is 7. The van der Waals surface area contributed by atoms with Gasteiger partial charge in [0.05, 0.1) is 6.20 Å². The summed E-state index contributed by atoms with van der Waals surface area (Å²) >= 11 is 2.11. The van der Waals surface area contributed by atoms with Crippen molar-refractivity contribution >= 4 is 17.7 Å². The van der Waals surface area contributed by atoms with Gasteiger partial charge in [-0.1, -0.05) is 58.9 Å². The molecular weight excluding hydrogens is 699 g/mol. The minimum absolute atomic E-state index is 0.0622. The van der Waals surface area contributed by atoms with Gasteiger partial charge in [-0.3, -0.25) is 9.78 Å². The third-order valence-corrected chi connectivity index (χ3v) is 18.9. The Labute approximate surface area is 337 Å². The van der Waals surface area contributed by atoms with Gasteiger partial charge in [0.2, 0.25) is 0 Å². The Kier molecular flexibility index (Phi) is 10.8. The second-order valence-electron chi connectivity index (χ2n) is 20.6. The molecule has 0 amide bonds. The van der Waals surface area contributed by atoms with E-state index < -0.39 is 11.4 Å². The highest BCUT2D eigenvalue weighted by atomic mass is 32.2. The van der Waals surface area contributed by atoms with Gasteiger partial charge in [0.25, 0.3) is 0 Å². The lowest BCUT2D eigenvalue weighted by Gasteiger charge is -2.70. The Morgan fingerprint density at radius 2 is 1.78 bits per heavy atom. The smallest absolute Gasteiger partial charge is 0.313 e. The first-order valence-corrected chi connectivity index (χ1v) is 23.3. The summed E-state index contributed by atoms with van der Waals surface area (Å²) in [5, 5.41) is 14.8. The zero-order valence-corrected chi connectivity index (χ0v) is 35.8. The van der Waals surface area contributed by atoms with Crippen LogP contribution in [0.3, 0.4) is 0 Å². The number of hydrogen-bond donors (Lipinski definition) is 2. The molecule has 1 unspecified atom stereocenters. The quantitative estimate of drug-likeness (QED) is 0.230. The lowest BCUT2D eigenvalue weighted by molar-refractivity contribution is -0.201. The molecule has 11 atom stereocenters. The fourth-order valence-electron chi connectivity index (χ4n) is 14.7. The second kappa shape index (κ2) is 14.9. The van der Waals surface area contributed by atoms with Crippen LogP contribution in [-0.2, 0) is 4.79 Å². The molecule has 1 aromatic heterocycles. The van der Waals surface area contributed by atoms with E-state index in [1.54, 1.807) is 12.4 Å². The average Bonchev–Trinajstić information content (AvgIpc) is 3.56. The summed E-state index contributed by atoms with van der Waals surface area (Å²) in [6.07, 6.45) is 20.9. The molecule has 2 heterocycles. The molecular formula is C48H71N3O3S. The molecule has 1 saturated heterocycles. The maximum absolute atomic E-state index is 12.7. The van der Waals surface area contributed by atoms with Crippen molar-refractivity contribution in [2.75, 3.05) is 44.3 Å². The SMILES string of the molecule is C=C(C)[C@@H]1CC[C@]2(NCCN3CCSCC3)CC[C@]3(C)[C@H](CC[C@@H]4[C@@H]5[C@@H](CC[C@]43C)C(C)(C)C(C3=CCC(COc4cccnc4)(C(=O)O)CC3)=C[C@@H]5C)[C@@H]12. The van der Waals surface area contributed by atoms with Gasteiger partial charge in [0.15, 0.2) is 0 Å². The molecule has 0 bridgehead atoms. The van der Waals surface area contributed by atoms with Crippen molar-refractivity contribution in [1.82, 2.24) is 15.2 Å². The van der Waals surface area contributed by atoms with Crippen molar-refractivity contribution in [3.8, 4) is 5.75 Å². The van der Waals surface area contributed by atoms with Crippen LogP contribution in [0.4, 0.5) is 0 Å². The molecule has 55 heavy (non-hydrogen) atoms. The summed E-state index contributed by atoms with van der Waals surface area (Å²) in [5.41, 5.74) is 4.43. The molecule has 8 rings (SSSR count). The second-order valence-corrected chi connectivity index (χ2v) is 21.8. The van der Waals surface area contributed by atoms with Gasteiger partial charge in [0.1, 0.15) is 17.8 Å². The summed E-state index contributed by atoms with van der Waals surface area (Å²) in [5.74, 6) is 7.15. The summed E-state index contributed by atoms with van der Waals surface area (Å²) in [4.78, 5) is 19.6. The van der Waals surface area contributed by atoms with Gasteiger partial charge >= 0.3 is 5.97 Å². The summed E-state index contributed by atoms with van der Waals surface area (Å²) in [7, 11) is 0. The Hall–Kier alpha value is -2.09. The number of carboxylic acid groups (broad SMARTS) is 1. The van der Waals surface area contributed by atoms with Crippen molar-refractivity contribution < 1.29 is 14.6 Å². The molecule has 7 heteroatoms. The van der Waals surface area contributed by atoms with Crippen LogP contribution in [0.15, 0.2) is 60.0 Å². The average molecular weight is 770 g/mol. The third kappa shape index (κ3) is 6.61. The Morgan fingerprint density at radius 1 is 1.02 bits per heavy atom. The molecule has 1 aromatic rings. The number of carboxylic acids is 1. The van der Waals surface area contributed by atoms with Crippen LogP contribution in [0.1, 0.15) is 112 Å². The number of ether oxygens (including phenoxy) is 1. The van der Waals surface area contributed by atoms with Gasteiger partial charge in [-0.15, -0.1) is 0 Å². The number of nitrogens with one attached hydrogen (secondary N) is 1. The van der Waals surface area contributed by atoms with Crippen LogP contribution in [0, 0.1) is 63.1 Å². The number of pyridine rings is 1. The number of hydrogen-bond acceptors (Lipinski definition) is 6. The summed E-state index contributed by atoms with van der Waals surface area (Å²) in [6, 6.07) is 3.68. The van der Waals surface area contributed by atoms with Crippen LogP contribution in [0.25, 0.3) is 0 Å². The Bertz CT molecular complexity index is 1670. The van der Waals surface area contributed by atoms with E-state index in [2.05, 4.69) is 87.2 Å². The maximum Gasteiger partial charge on any atom is 0.313 e. The van der Waals surface area contributed by atoms with E-state index in [9.17, 15) is 9.90 Å². The lowest BCUT2D eigenvalue weighted by atomic mass is 9.35. The molecule has 7 aliphatic rings. The lowest BCUT2D eigenvalue weighted by Crippen LogP contribution is -2.67. The molecule has 0 aromatic carbocycles. The number of aliphatic carboxylic acids is 1. The molecule has 0 spiro atoms. The van der Waals surface area contributed by atoms with Gasteiger partial charge in [-0.25, -0.2) is 0 Å². The number of aromatic nitrogens is 1. The van der Waals surface area contributed by atoms with Crippen molar-refractivity contribution in [2.24, 2.45) is 63.1 Å². The number of thioether (sulfide) groups is 1. The highest BCUT2D eigenvalue weighted by Gasteiger charge is 2.69. The standard InChI is InChI=1S/C48H71N3O3S/c1-32(2)36-14-19-48(50-23-24-51-25-27-55-28-26-51)21-20-46(7)39(42(36)48)11-10-38-41-33(3)29-40(44(4,5)37(41)15-16-45(38,46)6)34-12-17-47(18-13-34,43(52)53)31-54-35-9-8-22-49-30-35/h8-9,12,22,29-30,33,36-39,41-42,50H,1,10-11,13-21,23-28,31H2,2-7H3,(H,52,53)/t33-,36-,37+,38+,39+,41-,42+,45+,46+,47?,48-/m0/s1. The van der Waals surface area contributed by atoms with E-state index in [4.69, 9.17) is 4.74 Å². The Balaban J connectivity index is 1.02. The summed E-state index contributed by atoms with van der Waals surface area (Å²) in [6.45, 7) is 25.1. The fraction of sp³-hybridized carbons (Fsp3) is 0.750. The molecule has 6 nitrogen and oxygen atoms in total. The topological polar surface area (TPSA) is 74.7 Å². The van der Waals surface area contributed by atoms with E-state index in [1.165, 1.54) is 99.2 Å². The largest absolute Gasteiger partial charge is 0.491 e. The van der Waals surface area contributed by atoms with E-state index >= 15 is 0 Å². The molecule has 6 aliphatic carbocycles. The monoisotopic (exact) mass is 770 g/mol. The van der Waals surface area contributed by atoms with Crippen molar-refractivity contribution in [2.45, 2.75) is 118 Å². The third-order valence-electron chi connectivity index (χ3n) is 18.0. The van der Waals surface area contributed by atoms with E-state index in [0.29, 0.717) is 59.0 Å². The van der Waals surface area contributed by atoms with Gasteiger partial charge < -0.3 is 20.1 Å². The Morgan fingerprint density at radius 3 is 2.47 bits per heavy atom. The van der Waals surface area contributed by atoms with Crippen LogP contribution in [-0.4, -0.2) is 70.8 Å². The van der Waals surface area contributed by atoms with Crippen molar-refractivity contribution in [3.05, 3.63) is 60.0 Å². The number of carbonyl (C=O) groups is 1. The highest BCUT2D eigenvalue weighted by Crippen LogP contribution is 2.74. The highest BCUT2D eigenvalue weighted by molar-refractivity contribution is 7.99. The number of allylic oxidation sites excluding steroid dienone is 5. The zero-order valence-electron chi connectivity index (χ0n) is 35.0. The van der Waals surface area contributed by atoms with Gasteiger partial charge in [0, 0.05) is 49.4 Å². The molecule has 302 valence electrons. The van der Waals surface area contributed by atoms with Crippen LogP contribution in [0.5, 0.6) is 5.75 Å². The first-order chi connectivity index (χ1) is 26.2. The molecule has 0 radical (unpaired) electrons. The first kappa shape index (κ1) is 39.7. The van der Waals surface area contributed by atoms with E-state index in [0.717, 1.165) is 24.8 Å². The molecule has 5 fully saturated rings. The predicted molar refractivity (Wildman–Crippen MR) is 226 cm³/mol.